The molecule has 29 heavy (non-hydrogen) atoms. The first-order valence-electron chi connectivity index (χ1n) is 8.76. The maximum absolute atomic E-state index is 5.93. The molecule has 9 heteroatoms. The molecule has 9 nitrogen and oxygen atoms in total. The maximum Gasteiger partial charge on any atom is 0.238 e. The van der Waals surface area contributed by atoms with Crippen LogP contribution in [0, 0.1) is 0 Å². The Morgan fingerprint density at radius 3 is 2.38 bits per heavy atom. The number of fused-ring (bicyclic) bond motifs is 1. The van der Waals surface area contributed by atoms with Gasteiger partial charge in [0.05, 0.1) is 26.8 Å². The summed E-state index contributed by atoms with van der Waals surface area (Å²) in [6, 6.07) is 11.2. The molecule has 2 aromatic carbocycles. The van der Waals surface area contributed by atoms with Crippen LogP contribution in [0.15, 0.2) is 48.9 Å². The fraction of sp³-hybridized carbons (Fsp3) is 0.150. The molecule has 0 aliphatic rings. The number of rotatable bonds is 6. The van der Waals surface area contributed by atoms with E-state index in [1.165, 1.54) is 6.33 Å². The second-order valence-corrected chi connectivity index (χ2v) is 6.15. The first-order valence-corrected chi connectivity index (χ1v) is 8.76. The molecule has 0 bridgehead atoms. The number of nitrogens with two attached hydrogens (primary N) is 1. The molecular weight excluding hydrogens is 372 g/mol. The van der Waals surface area contributed by atoms with Gasteiger partial charge in [0.1, 0.15) is 6.33 Å². The molecule has 0 aliphatic heterocycles. The average molecular weight is 392 g/mol. The Kier molecular flexibility index (Phi) is 4.78. The molecule has 0 fully saturated rings. The topological polar surface area (TPSA) is 109 Å². The lowest BCUT2D eigenvalue weighted by Crippen LogP contribution is -2.05. The van der Waals surface area contributed by atoms with Gasteiger partial charge in [0, 0.05) is 35.1 Å². The smallest absolute Gasteiger partial charge is 0.238 e. The number of nitrogens with one attached hydrogen (secondary N) is 1. The predicted octanol–water partition coefficient (Wildman–Crippen LogP) is 3.17. The molecule has 4 aromatic rings. The van der Waals surface area contributed by atoms with Crippen LogP contribution >= 0.6 is 0 Å². The van der Waals surface area contributed by atoms with E-state index in [1.807, 2.05) is 35.0 Å². The zero-order valence-electron chi connectivity index (χ0n) is 16.2. The summed E-state index contributed by atoms with van der Waals surface area (Å²) in [5.41, 5.74) is 8.19. The van der Waals surface area contributed by atoms with Crippen LogP contribution in [0.4, 0.5) is 17.3 Å². The normalized spacial score (nSPS) is 10.7. The number of nitrogen functional groups attached to an aromatic ring is 1. The first-order chi connectivity index (χ1) is 14.1. The van der Waals surface area contributed by atoms with Crippen molar-refractivity contribution in [2.24, 2.45) is 0 Å². The van der Waals surface area contributed by atoms with Crippen LogP contribution in [0.25, 0.3) is 16.9 Å². The van der Waals surface area contributed by atoms with Crippen molar-refractivity contribution >= 4 is 28.2 Å². The Hall–Kier alpha value is -4.01. The van der Waals surface area contributed by atoms with Crippen molar-refractivity contribution in [3.05, 3.63) is 48.9 Å². The summed E-state index contributed by atoms with van der Waals surface area (Å²) in [5.74, 6) is 2.39. The largest absolute Gasteiger partial charge is 0.493 e. The summed E-state index contributed by atoms with van der Waals surface area (Å²) in [5, 5.41) is 4.19. The lowest BCUT2D eigenvalue weighted by molar-refractivity contribution is 0.324. The third-order valence-corrected chi connectivity index (χ3v) is 4.41. The highest BCUT2D eigenvalue weighted by molar-refractivity contribution is 5.84. The summed E-state index contributed by atoms with van der Waals surface area (Å²) >= 11 is 0. The number of ether oxygens (including phenoxy) is 3. The molecule has 0 saturated carbocycles. The van der Waals surface area contributed by atoms with Crippen LogP contribution in [0.5, 0.6) is 17.2 Å². The van der Waals surface area contributed by atoms with Gasteiger partial charge in [-0.25, -0.2) is 9.97 Å². The van der Waals surface area contributed by atoms with Gasteiger partial charge < -0.3 is 25.3 Å². The fourth-order valence-corrected chi connectivity index (χ4v) is 3.07. The number of nitrogens with zero attached hydrogens (tertiary/aromatic N) is 4. The fourth-order valence-electron chi connectivity index (χ4n) is 3.07. The van der Waals surface area contributed by atoms with E-state index >= 15 is 0 Å². The van der Waals surface area contributed by atoms with Crippen LogP contribution in [-0.4, -0.2) is 40.8 Å². The monoisotopic (exact) mass is 392 g/mol. The van der Waals surface area contributed by atoms with Gasteiger partial charge in [-0.2, -0.15) is 4.98 Å². The van der Waals surface area contributed by atoms with Crippen LogP contribution in [0.3, 0.4) is 0 Å². The lowest BCUT2D eigenvalue weighted by atomic mass is 10.2. The van der Waals surface area contributed by atoms with E-state index in [0.717, 1.165) is 10.9 Å². The molecule has 148 valence electrons. The highest BCUT2D eigenvalue weighted by Gasteiger charge is 2.14. The molecule has 2 heterocycles. The number of methoxy groups -OCH3 is 3. The van der Waals surface area contributed by atoms with E-state index in [2.05, 4.69) is 20.3 Å². The number of benzene rings is 2. The van der Waals surface area contributed by atoms with E-state index in [-0.39, 0.29) is 0 Å². The number of hydrogen-bond donors (Lipinski definition) is 2. The molecule has 0 spiro atoms. The van der Waals surface area contributed by atoms with Crippen molar-refractivity contribution in [3.8, 4) is 23.2 Å². The summed E-state index contributed by atoms with van der Waals surface area (Å²) in [6.45, 7) is 0. The average Bonchev–Trinajstić information content (AvgIpc) is 3.16. The number of aromatic nitrogens is 4. The van der Waals surface area contributed by atoms with Gasteiger partial charge >= 0.3 is 0 Å². The Balaban J connectivity index is 1.70. The highest BCUT2D eigenvalue weighted by atomic mass is 16.5. The van der Waals surface area contributed by atoms with E-state index in [0.29, 0.717) is 40.5 Å². The summed E-state index contributed by atoms with van der Waals surface area (Å²) in [6.07, 6.45) is 3.34. The zero-order valence-corrected chi connectivity index (χ0v) is 16.2. The third-order valence-electron chi connectivity index (χ3n) is 4.41. The predicted molar refractivity (Wildman–Crippen MR) is 110 cm³/mol. The molecule has 4 rings (SSSR count). The van der Waals surface area contributed by atoms with Crippen molar-refractivity contribution in [1.29, 1.82) is 0 Å². The SMILES string of the molecule is COc1cc(Nc2ncnc(-n3ccc4ccc(N)cc43)n2)cc(OC)c1OC. The second-order valence-electron chi connectivity index (χ2n) is 6.15. The van der Waals surface area contributed by atoms with Crippen molar-refractivity contribution in [2.45, 2.75) is 0 Å². The highest BCUT2D eigenvalue weighted by Crippen LogP contribution is 2.40. The molecule has 0 amide bonds. The third kappa shape index (κ3) is 3.45. The van der Waals surface area contributed by atoms with Gasteiger partial charge in [0.2, 0.25) is 17.6 Å². The molecule has 3 N–H and O–H groups in total. The maximum atomic E-state index is 5.93. The van der Waals surface area contributed by atoms with Gasteiger partial charge in [-0.05, 0) is 18.2 Å². The Bertz CT molecular complexity index is 1150. The molecule has 0 saturated heterocycles. The quantitative estimate of drug-likeness (QED) is 0.482. The summed E-state index contributed by atoms with van der Waals surface area (Å²) in [7, 11) is 4.68. The molecule has 0 radical (unpaired) electrons. The van der Waals surface area contributed by atoms with Crippen molar-refractivity contribution in [1.82, 2.24) is 19.5 Å². The van der Waals surface area contributed by atoms with E-state index in [9.17, 15) is 0 Å². The van der Waals surface area contributed by atoms with Crippen LogP contribution in [-0.2, 0) is 0 Å². The number of anilines is 3. The van der Waals surface area contributed by atoms with Crippen LogP contribution < -0.4 is 25.3 Å². The van der Waals surface area contributed by atoms with Crippen LogP contribution in [0.2, 0.25) is 0 Å². The van der Waals surface area contributed by atoms with Crippen molar-refractivity contribution in [2.75, 3.05) is 32.4 Å². The molecule has 0 unspecified atom stereocenters. The Labute approximate surface area is 167 Å². The molecule has 0 aliphatic carbocycles. The van der Waals surface area contributed by atoms with E-state index < -0.39 is 0 Å². The number of hydrogen-bond acceptors (Lipinski definition) is 8. The standard InChI is InChI=1S/C20H20N6O3/c1-27-16-9-14(10-17(28-2)18(16)29-3)24-19-22-11-23-20(25-19)26-7-6-12-4-5-13(21)8-15(12)26/h4-11H,21H2,1-3H3,(H,22,23,24,25). The minimum Gasteiger partial charge on any atom is -0.493 e. The van der Waals surface area contributed by atoms with E-state index in [1.54, 1.807) is 33.5 Å². The van der Waals surface area contributed by atoms with Gasteiger partial charge in [-0.1, -0.05) is 6.07 Å². The molecule has 0 atom stereocenters. The van der Waals surface area contributed by atoms with Gasteiger partial charge in [0.15, 0.2) is 11.5 Å². The van der Waals surface area contributed by atoms with E-state index in [4.69, 9.17) is 19.9 Å². The Morgan fingerprint density at radius 2 is 1.69 bits per heavy atom. The minimum absolute atomic E-state index is 0.370. The first kappa shape index (κ1) is 18.4. The van der Waals surface area contributed by atoms with Gasteiger partial charge in [-0.15, -0.1) is 0 Å². The Morgan fingerprint density at radius 1 is 0.931 bits per heavy atom. The van der Waals surface area contributed by atoms with Crippen molar-refractivity contribution < 1.29 is 14.2 Å². The zero-order chi connectivity index (χ0) is 20.4. The van der Waals surface area contributed by atoms with Gasteiger partial charge in [-0.3, -0.25) is 4.57 Å². The minimum atomic E-state index is 0.370. The summed E-state index contributed by atoms with van der Waals surface area (Å²) in [4.78, 5) is 13.0. The molecular formula is C20H20N6O3. The van der Waals surface area contributed by atoms with Crippen molar-refractivity contribution in [3.63, 3.8) is 0 Å². The van der Waals surface area contributed by atoms with Crippen LogP contribution in [0.1, 0.15) is 0 Å². The van der Waals surface area contributed by atoms with Gasteiger partial charge in [0.25, 0.3) is 0 Å². The second kappa shape index (κ2) is 7.55. The lowest BCUT2D eigenvalue weighted by Gasteiger charge is -2.14. The molecule has 2 aromatic heterocycles. The summed E-state index contributed by atoms with van der Waals surface area (Å²) < 4.78 is 18.0.